The van der Waals surface area contributed by atoms with Gasteiger partial charge in [-0.05, 0) is 19.8 Å². The Morgan fingerprint density at radius 1 is 1.16 bits per heavy atom. The Morgan fingerprint density at radius 2 is 2.04 bits per heavy atom. The van der Waals surface area contributed by atoms with E-state index in [-0.39, 0.29) is 0 Å². The molecule has 1 N–H and O–H groups in total. The van der Waals surface area contributed by atoms with Gasteiger partial charge in [0.15, 0.2) is 5.82 Å². The fraction of sp³-hybridized carbons (Fsp3) is 0.444. The molecule has 0 unspecified atom stereocenters. The van der Waals surface area contributed by atoms with Crippen molar-refractivity contribution in [3.8, 4) is 11.7 Å². The molecule has 3 aromatic heterocycles. The Morgan fingerprint density at radius 3 is 2.88 bits per heavy atom. The van der Waals surface area contributed by atoms with Crippen LogP contribution in [0.15, 0.2) is 31.0 Å². The van der Waals surface area contributed by atoms with E-state index in [1.807, 2.05) is 17.6 Å². The number of ether oxygens (including phenoxy) is 1. The van der Waals surface area contributed by atoms with Crippen molar-refractivity contribution in [1.82, 2.24) is 24.5 Å². The highest BCUT2D eigenvalue weighted by Gasteiger charge is 2.14. The number of fused-ring (bicyclic) bond motifs is 1. The van der Waals surface area contributed by atoms with Crippen LogP contribution in [0.5, 0.6) is 5.88 Å². The second-order valence-electron chi connectivity index (χ2n) is 6.30. The Kier molecular flexibility index (Phi) is 4.45. The van der Waals surface area contributed by atoms with E-state index in [0.29, 0.717) is 18.5 Å². The molecule has 1 saturated carbocycles. The minimum absolute atomic E-state index is 0.494. The lowest BCUT2D eigenvalue weighted by Crippen LogP contribution is -2.23. The van der Waals surface area contributed by atoms with Gasteiger partial charge in [-0.3, -0.25) is 9.55 Å². The maximum absolute atomic E-state index is 5.43. The van der Waals surface area contributed by atoms with Crippen LogP contribution >= 0.6 is 0 Å². The first-order chi connectivity index (χ1) is 12.3. The summed E-state index contributed by atoms with van der Waals surface area (Å²) in [7, 11) is 0. The molecule has 0 saturated heterocycles. The normalized spacial score (nSPS) is 15.4. The van der Waals surface area contributed by atoms with Gasteiger partial charge in [0.2, 0.25) is 5.88 Å². The van der Waals surface area contributed by atoms with Gasteiger partial charge in [0.1, 0.15) is 12.1 Å². The van der Waals surface area contributed by atoms with Gasteiger partial charge in [0, 0.05) is 12.1 Å². The molecule has 0 atom stereocenters. The van der Waals surface area contributed by atoms with Crippen LogP contribution in [0, 0.1) is 0 Å². The molecule has 7 nitrogen and oxygen atoms in total. The molecule has 3 heterocycles. The molecule has 0 spiro atoms. The quantitative estimate of drug-likeness (QED) is 0.768. The summed E-state index contributed by atoms with van der Waals surface area (Å²) in [6.45, 7) is 2.52. The standard InChI is InChI=1S/C18H22N6O/c1-2-25-18-8-14-15(9-20-18)24(12-21-14)17-11-19-10-16(23-17)22-13-6-4-3-5-7-13/h8-13H,2-7H2,1H3,(H,22,23). The summed E-state index contributed by atoms with van der Waals surface area (Å²) >= 11 is 0. The molecule has 130 valence electrons. The minimum Gasteiger partial charge on any atom is -0.478 e. The lowest BCUT2D eigenvalue weighted by atomic mass is 9.96. The van der Waals surface area contributed by atoms with Gasteiger partial charge >= 0.3 is 0 Å². The van der Waals surface area contributed by atoms with E-state index in [4.69, 9.17) is 9.72 Å². The van der Waals surface area contributed by atoms with E-state index in [2.05, 4.69) is 20.3 Å². The first kappa shape index (κ1) is 15.8. The average molecular weight is 338 g/mol. The Bertz CT molecular complexity index is 856. The van der Waals surface area contributed by atoms with Gasteiger partial charge in [0.05, 0.1) is 36.2 Å². The van der Waals surface area contributed by atoms with Gasteiger partial charge in [0.25, 0.3) is 0 Å². The number of nitrogens with zero attached hydrogens (tertiary/aromatic N) is 5. The number of imidazole rings is 1. The third-order valence-corrected chi connectivity index (χ3v) is 4.53. The monoisotopic (exact) mass is 338 g/mol. The fourth-order valence-electron chi connectivity index (χ4n) is 3.30. The van der Waals surface area contributed by atoms with E-state index in [0.717, 1.165) is 22.7 Å². The number of hydrogen-bond donors (Lipinski definition) is 1. The van der Waals surface area contributed by atoms with Crippen molar-refractivity contribution in [1.29, 1.82) is 0 Å². The zero-order valence-electron chi connectivity index (χ0n) is 14.4. The third-order valence-electron chi connectivity index (χ3n) is 4.53. The van der Waals surface area contributed by atoms with E-state index in [9.17, 15) is 0 Å². The largest absolute Gasteiger partial charge is 0.478 e. The van der Waals surface area contributed by atoms with Crippen LogP contribution in [0.4, 0.5) is 5.82 Å². The van der Waals surface area contributed by atoms with Crippen molar-refractivity contribution in [2.24, 2.45) is 0 Å². The lowest BCUT2D eigenvalue weighted by Gasteiger charge is -2.23. The molecule has 7 heteroatoms. The molecular weight excluding hydrogens is 316 g/mol. The Hall–Kier alpha value is -2.70. The van der Waals surface area contributed by atoms with Gasteiger partial charge in [-0.25, -0.2) is 15.0 Å². The van der Waals surface area contributed by atoms with Gasteiger partial charge in [-0.1, -0.05) is 19.3 Å². The maximum atomic E-state index is 5.43. The minimum atomic E-state index is 0.494. The number of pyridine rings is 1. The van der Waals surface area contributed by atoms with Crippen molar-refractivity contribution < 1.29 is 4.74 Å². The molecule has 1 aliphatic rings. The van der Waals surface area contributed by atoms with E-state index < -0.39 is 0 Å². The predicted molar refractivity (Wildman–Crippen MR) is 96.1 cm³/mol. The number of anilines is 1. The molecule has 25 heavy (non-hydrogen) atoms. The molecular formula is C18H22N6O. The zero-order chi connectivity index (χ0) is 17.1. The van der Waals surface area contributed by atoms with Gasteiger partial charge in [-0.15, -0.1) is 0 Å². The maximum Gasteiger partial charge on any atom is 0.215 e. The Balaban J connectivity index is 1.61. The lowest BCUT2D eigenvalue weighted by molar-refractivity contribution is 0.327. The molecule has 3 aromatic rings. The summed E-state index contributed by atoms with van der Waals surface area (Å²) in [6, 6.07) is 2.33. The number of aromatic nitrogens is 5. The van der Waals surface area contributed by atoms with Crippen LogP contribution in [0.1, 0.15) is 39.0 Å². The van der Waals surface area contributed by atoms with Crippen LogP contribution in [-0.2, 0) is 0 Å². The number of hydrogen-bond acceptors (Lipinski definition) is 6. The summed E-state index contributed by atoms with van der Waals surface area (Å²) in [6.07, 6.45) is 13.3. The third kappa shape index (κ3) is 3.40. The summed E-state index contributed by atoms with van der Waals surface area (Å²) in [5.41, 5.74) is 1.71. The van der Waals surface area contributed by atoms with Gasteiger partial charge in [-0.2, -0.15) is 0 Å². The summed E-state index contributed by atoms with van der Waals surface area (Å²) < 4.78 is 7.33. The second-order valence-corrected chi connectivity index (χ2v) is 6.30. The molecule has 0 radical (unpaired) electrons. The van der Waals surface area contributed by atoms with E-state index >= 15 is 0 Å². The van der Waals surface area contributed by atoms with Crippen molar-refractivity contribution >= 4 is 16.9 Å². The van der Waals surface area contributed by atoms with Crippen LogP contribution in [-0.4, -0.2) is 37.2 Å². The molecule has 1 fully saturated rings. The zero-order valence-corrected chi connectivity index (χ0v) is 14.4. The van der Waals surface area contributed by atoms with E-state index in [1.54, 1.807) is 24.9 Å². The molecule has 0 bridgehead atoms. The van der Waals surface area contributed by atoms with Crippen LogP contribution in [0.3, 0.4) is 0 Å². The SMILES string of the molecule is CCOc1cc2ncn(-c3cncc(NC4CCCCC4)n3)c2cn1. The summed E-state index contributed by atoms with van der Waals surface area (Å²) in [4.78, 5) is 17.8. The predicted octanol–water partition coefficient (Wildman–Crippen LogP) is 3.35. The molecule has 4 rings (SSSR count). The smallest absolute Gasteiger partial charge is 0.215 e. The Labute approximate surface area is 146 Å². The van der Waals surface area contributed by atoms with Crippen LogP contribution in [0.2, 0.25) is 0 Å². The molecule has 0 amide bonds. The molecule has 0 aliphatic heterocycles. The molecule has 0 aromatic carbocycles. The number of nitrogens with one attached hydrogen (secondary N) is 1. The first-order valence-corrected chi connectivity index (χ1v) is 8.88. The van der Waals surface area contributed by atoms with Crippen molar-refractivity contribution in [3.05, 3.63) is 31.0 Å². The topological polar surface area (TPSA) is 77.8 Å². The first-order valence-electron chi connectivity index (χ1n) is 8.88. The average Bonchev–Trinajstić information content (AvgIpc) is 3.06. The fourth-order valence-corrected chi connectivity index (χ4v) is 3.30. The highest BCUT2D eigenvalue weighted by molar-refractivity contribution is 5.77. The highest BCUT2D eigenvalue weighted by Crippen LogP contribution is 2.22. The number of rotatable bonds is 5. The summed E-state index contributed by atoms with van der Waals surface area (Å²) in [5.74, 6) is 2.12. The van der Waals surface area contributed by atoms with E-state index in [1.165, 1.54) is 32.1 Å². The van der Waals surface area contributed by atoms with Crippen molar-refractivity contribution in [3.63, 3.8) is 0 Å². The molecule has 1 aliphatic carbocycles. The van der Waals surface area contributed by atoms with Crippen LogP contribution in [0.25, 0.3) is 16.9 Å². The summed E-state index contributed by atoms with van der Waals surface area (Å²) in [5, 5.41) is 3.51. The van der Waals surface area contributed by atoms with Gasteiger partial charge < -0.3 is 10.1 Å². The second kappa shape index (κ2) is 7.04. The highest BCUT2D eigenvalue weighted by atomic mass is 16.5. The van der Waals surface area contributed by atoms with Crippen LogP contribution < -0.4 is 10.1 Å². The van der Waals surface area contributed by atoms with Crippen molar-refractivity contribution in [2.45, 2.75) is 45.1 Å². The van der Waals surface area contributed by atoms with Crippen molar-refractivity contribution in [2.75, 3.05) is 11.9 Å².